The maximum atomic E-state index is 6.03. The van der Waals surface area contributed by atoms with E-state index in [-0.39, 0.29) is 0 Å². The lowest BCUT2D eigenvalue weighted by atomic mass is 10.1. The standard InChI is InChI=1S/C23H33N5OS/c1-4-6-15(5-2)28-20(22-17-10-27(11-18(17)22)16-12-29-13-16)8-19(26-28)14-7-21(30-3)23(24)25-9-14/h7-9,15-18,22H,4-6,10-13H2,1-3H3,(H2,24,25). The van der Waals surface area contributed by atoms with Gasteiger partial charge in [-0.1, -0.05) is 20.3 Å². The molecular weight excluding hydrogens is 394 g/mol. The zero-order chi connectivity index (χ0) is 20.8. The molecule has 4 heterocycles. The van der Waals surface area contributed by atoms with Crippen LogP contribution in [0.4, 0.5) is 5.82 Å². The van der Waals surface area contributed by atoms with Gasteiger partial charge in [-0.25, -0.2) is 4.98 Å². The van der Waals surface area contributed by atoms with Crippen LogP contribution in [0.2, 0.25) is 0 Å². The quantitative estimate of drug-likeness (QED) is 0.641. The Morgan fingerprint density at radius 2 is 2.00 bits per heavy atom. The van der Waals surface area contributed by atoms with Crippen LogP contribution in [-0.2, 0) is 4.74 Å². The zero-order valence-electron chi connectivity index (χ0n) is 18.3. The smallest absolute Gasteiger partial charge is 0.137 e. The molecule has 0 bridgehead atoms. The van der Waals surface area contributed by atoms with Gasteiger partial charge in [-0.3, -0.25) is 9.58 Å². The minimum absolute atomic E-state index is 0.470. The van der Waals surface area contributed by atoms with Crippen molar-refractivity contribution in [3.8, 4) is 11.3 Å². The molecule has 0 amide bonds. The SMILES string of the molecule is CCCC(CC)n1nc(-c2cnc(N)c(SC)c2)cc1C1C2CN(C3COC3)CC21. The molecule has 162 valence electrons. The fourth-order valence-electron chi connectivity index (χ4n) is 5.41. The maximum absolute atomic E-state index is 6.03. The topological polar surface area (TPSA) is 69.2 Å². The van der Waals surface area contributed by atoms with E-state index < -0.39 is 0 Å². The van der Waals surface area contributed by atoms with Crippen LogP contribution in [0.1, 0.15) is 50.8 Å². The molecule has 6 nitrogen and oxygen atoms in total. The first kappa shape index (κ1) is 20.3. The summed E-state index contributed by atoms with van der Waals surface area (Å²) in [5.74, 6) is 2.80. The Hall–Kier alpha value is -1.57. The normalized spacial score (nSPS) is 27.1. The van der Waals surface area contributed by atoms with Crippen LogP contribution in [-0.4, -0.2) is 58.3 Å². The van der Waals surface area contributed by atoms with Gasteiger partial charge in [-0.15, -0.1) is 11.8 Å². The van der Waals surface area contributed by atoms with E-state index in [1.807, 2.05) is 12.5 Å². The second-order valence-corrected chi connectivity index (χ2v) is 9.91. The number of nitrogens with zero attached hydrogens (tertiary/aromatic N) is 4. The summed E-state index contributed by atoms with van der Waals surface area (Å²) in [5.41, 5.74) is 9.57. The lowest BCUT2D eigenvalue weighted by molar-refractivity contribution is -0.0610. The van der Waals surface area contributed by atoms with E-state index in [4.69, 9.17) is 15.6 Å². The molecule has 1 aliphatic carbocycles. The molecule has 0 radical (unpaired) electrons. The molecule has 2 N–H and O–H groups in total. The minimum atomic E-state index is 0.470. The summed E-state index contributed by atoms with van der Waals surface area (Å²) in [4.78, 5) is 8.09. The lowest BCUT2D eigenvalue weighted by Gasteiger charge is -2.36. The first-order chi connectivity index (χ1) is 14.6. The van der Waals surface area contributed by atoms with Crippen LogP contribution in [0.25, 0.3) is 11.3 Å². The number of nitrogens with two attached hydrogens (primary N) is 1. The van der Waals surface area contributed by atoms with Crippen molar-refractivity contribution < 1.29 is 4.74 Å². The van der Waals surface area contributed by atoms with E-state index in [1.54, 1.807) is 11.8 Å². The molecule has 30 heavy (non-hydrogen) atoms. The molecule has 2 saturated heterocycles. The lowest BCUT2D eigenvalue weighted by Crippen LogP contribution is -2.48. The Labute approximate surface area is 183 Å². The van der Waals surface area contributed by atoms with Crippen molar-refractivity contribution in [1.29, 1.82) is 0 Å². The predicted octanol–water partition coefficient (Wildman–Crippen LogP) is 4.04. The number of piperidine rings is 1. The molecule has 2 aromatic rings. The van der Waals surface area contributed by atoms with Crippen molar-refractivity contribution in [2.24, 2.45) is 11.8 Å². The number of rotatable bonds is 8. The summed E-state index contributed by atoms with van der Waals surface area (Å²) in [6.07, 6.45) is 7.39. The van der Waals surface area contributed by atoms with Crippen LogP contribution in [0.5, 0.6) is 0 Å². The monoisotopic (exact) mass is 427 g/mol. The Morgan fingerprint density at radius 1 is 1.23 bits per heavy atom. The van der Waals surface area contributed by atoms with Crippen molar-refractivity contribution >= 4 is 17.6 Å². The summed E-state index contributed by atoms with van der Waals surface area (Å²) in [6, 6.07) is 5.61. The van der Waals surface area contributed by atoms with Gasteiger partial charge in [-0.2, -0.15) is 5.10 Å². The van der Waals surface area contributed by atoms with E-state index in [2.05, 4.69) is 40.5 Å². The Kier molecular flexibility index (Phi) is 5.54. The molecule has 3 aliphatic rings. The number of hydrogen-bond donors (Lipinski definition) is 1. The minimum Gasteiger partial charge on any atom is -0.383 e. The number of fused-ring (bicyclic) bond motifs is 1. The van der Waals surface area contributed by atoms with Crippen molar-refractivity contribution in [2.75, 3.05) is 38.3 Å². The molecule has 3 fully saturated rings. The van der Waals surface area contributed by atoms with Crippen molar-refractivity contribution in [1.82, 2.24) is 19.7 Å². The molecule has 3 unspecified atom stereocenters. The highest BCUT2D eigenvalue weighted by Crippen LogP contribution is 2.59. The molecule has 2 aliphatic heterocycles. The average molecular weight is 428 g/mol. The fourth-order valence-corrected chi connectivity index (χ4v) is 5.92. The highest BCUT2D eigenvalue weighted by Gasteiger charge is 2.58. The summed E-state index contributed by atoms with van der Waals surface area (Å²) >= 11 is 1.64. The Bertz CT molecular complexity index is 899. The molecule has 3 atom stereocenters. The van der Waals surface area contributed by atoms with E-state index in [0.717, 1.165) is 47.6 Å². The number of ether oxygens (including phenoxy) is 1. The fraction of sp³-hybridized carbons (Fsp3) is 0.652. The van der Waals surface area contributed by atoms with E-state index in [9.17, 15) is 0 Å². The van der Waals surface area contributed by atoms with Crippen molar-refractivity contribution in [3.63, 3.8) is 0 Å². The zero-order valence-corrected chi connectivity index (χ0v) is 19.1. The highest BCUT2D eigenvalue weighted by molar-refractivity contribution is 7.98. The summed E-state index contributed by atoms with van der Waals surface area (Å²) < 4.78 is 7.78. The molecular formula is C23H33N5OS. The van der Waals surface area contributed by atoms with E-state index in [0.29, 0.717) is 23.8 Å². The van der Waals surface area contributed by atoms with Gasteiger partial charge in [0.2, 0.25) is 0 Å². The van der Waals surface area contributed by atoms with Gasteiger partial charge in [0.05, 0.1) is 31.0 Å². The number of nitrogen functional groups attached to an aromatic ring is 1. The first-order valence-corrected chi connectivity index (χ1v) is 12.6. The van der Waals surface area contributed by atoms with Crippen LogP contribution < -0.4 is 5.73 Å². The van der Waals surface area contributed by atoms with Crippen LogP contribution >= 0.6 is 11.8 Å². The number of pyridine rings is 1. The second kappa shape index (κ2) is 8.17. The Balaban J connectivity index is 1.44. The van der Waals surface area contributed by atoms with Gasteiger partial charge >= 0.3 is 0 Å². The molecule has 5 rings (SSSR count). The molecule has 1 saturated carbocycles. The summed E-state index contributed by atoms with van der Waals surface area (Å²) in [7, 11) is 0. The third-order valence-electron chi connectivity index (χ3n) is 7.30. The molecule has 2 aromatic heterocycles. The van der Waals surface area contributed by atoms with Gasteiger partial charge in [0.25, 0.3) is 0 Å². The van der Waals surface area contributed by atoms with Crippen molar-refractivity contribution in [2.45, 2.75) is 56.0 Å². The number of aromatic nitrogens is 3. The largest absolute Gasteiger partial charge is 0.383 e. The summed E-state index contributed by atoms with van der Waals surface area (Å²) in [5, 5.41) is 5.14. The van der Waals surface area contributed by atoms with Crippen molar-refractivity contribution in [3.05, 3.63) is 24.0 Å². The number of likely N-dealkylation sites (tertiary alicyclic amines) is 1. The number of thioether (sulfide) groups is 1. The molecule has 7 heteroatoms. The predicted molar refractivity (Wildman–Crippen MR) is 122 cm³/mol. The Morgan fingerprint density at radius 3 is 2.60 bits per heavy atom. The average Bonchev–Trinajstić information content (AvgIpc) is 3.06. The number of anilines is 1. The van der Waals surface area contributed by atoms with Gasteiger partial charge in [-0.05, 0) is 43.1 Å². The third-order valence-corrected chi connectivity index (χ3v) is 8.07. The summed E-state index contributed by atoms with van der Waals surface area (Å²) in [6.45, 7) is 8.83. The van der Waals surface area contributed by atoms with Gasteiger partial charge < -0.3 is 10.5 Å². The first-order valence-electron chi connectivity index (χ1n) is 11.4. The third kappa shape index (κ3) is 3.45. The van der Waals surface area contributed by atoms with E-state index >= 15 is 0 Å². The van der Waals surface area contributed by atoms with Gasteiger partial charge in [0, 0.05) is 41.4 Å². The van der Waals surface area contributed by atoms with Crippen LogP contribution in [0, 0.1) is 11.8 Å². The van der Waals surface area contributed by atoms with Gasteiger partial charge in [0.1, 0.15) is 5.82 Å². The highest BCUT2D eigenvalue weighted by atomic mass is 32.2. The molecule has 0 aromatic carbocycles. The number of hydrogen-bond acceptors (Lipinski definition) is 6. The van der Waals surface area contributed by atoms with E-state index in [1.165, 1.54) is 31.6 Å². The maximum Gasteiger partial charge on any atom is 0.137 e. The van der Waals surface area contributed by atoms with Gasteiger partial charge in [0.15, 0.2) is 0 Å². The molecule has 0 spiro atoms. The van der Waals surface area contributed by atoms with Crippen LogP contribution in [0.3, 0.4) is 0 Å². The van der Waals surface area contributed by atoms with Crippen LogP contribution in [0.15, 0.2) is 23.2 Å². The second-order valence-electron chi connectivity index (χ2n) is 9.06.